The van der Waals surface area contributed by atoms with E-state index in [0.717, 1.165) is 6.07 Å². The molecular weight excluding hydrogens is 238 g/mol. The van der Waals surface area contributed by atoms with Crippen molar-refractivity contribution >= 4 is 0 Å². The maximum absolute atomic E-state index is 13.3. The third-order valence-electron chi connectivity index (χ3n) is 2.34. The van der Waals surface area contributed by atoms with Crippen molar-refractivity contribution in [2.24, 2.45) is 5.73 Å². The third kappa shape index (κ3) is 4.22. The molecule has 1 aromatic carbocycles. The van der Waals surface area contributed by atoms with Gasteiger partial charge in [-0.3, -0.25) is 0 Å². The summed E-state index contributed by atoms with van der Waals surface area (Å²) in [7, 11) is 1.31. The Bertz CT molecular complexity index is 378. The quantitative estimate of drug-likeness (QED) is 0.834. The van der Waals surface area contributed by atoms with Gasteiger partial charge in [0.15, 0.2) is 11.6 Å². The number of alkyl halides is 3. The molecule has 0 radical (unpaired) electrons. The minimum atomic E-state index is -4.25. The number of hydrogen-bond acceptors (Lipinski definition) is 2. The van der Waals surface area contributed by atoms with Crippen LogP contribution in [0.5, 0.6) is 5.75 Å². The highest BCUT2D eigenvalue weighted by molar-refractivity contribution is 5.30. The van der Waals surface area contributed by atoms with Gasteiger partial charge in [-0.25, -0.2) is 4.39 Å². The van der Waals surface area contributed by atoms with E-state index in [1.165, 1.54) is 19.2 Å². The largest absolute Gasteiger partial charge is 0.494 e. The summed E-state index contributed by atoms with van der Waals surface area (Å²) in [4.78, 5) is 0. The van der Waals surface area contributed by atoms with Gasteiger partial charge in [0.25, 0.3) is 0 Å². The van der Waals surface area contributed by atoms with Crippen molar-refractivity contribution in [2.75, 3.05) is 7.11 Å². The maximum Gasteiger partial charge on any atom is 0.389 e. The Hall–Kier alpha value is -1.30. The number of methoxy groups -OCH3 is 1. The standard InChI is InChI=1S/C11H13F4NO/c1-17-10-3-2-7(6-8(10)12)9(16)4-5-11(13,14)15/h2-3,6,9H,4-5,16H2,1H3. The molecule has 1 atom stereocenters. The molecule has 0 saturated heterocycles. The SMILES string of the molecule is COc1ccc(C(N)CCC(F)(F)F)cc1F. The second-order valence-corrected chi connectivity index (χ2v) is 3.65. The van der Waals surface area contributed by atoms with E-state index < -0.39 is 24.5 Å². The molecule has 17 heavy (non-hydrogen) atoms. The van der Waals surface area contributed by atoms with E-state index in [2.05, 4.69) is 0 Å². The molecule has 0 aliphatic heterocycles. The van der Waals surface area contributed by atoms with Crippen LogP contribution in [0, 0.1) is 5.82 Å². The first-order chi connectivity index (χ1) is 7.83. The second-order valence-electron chi connectivity index (χ2n) is 3.65. The smallest absolute Gasteiger partial charge is 0.389 e. The summed E-state index contributed by atoms with van der Waals surface area (Å²) in [5.41, 5.74) is 5.88. The summed E-state index contributed by atoms with van der Waals surface area (Å²) in [5.74, 6) is -0.593. The molecule has 0 saturated carbocycles. The first-order valence-electron chi connectivity index (χ1n) is 4.99. The summed E-state index contributed by atoms with van der Waals surface area (Å²) in [6, 6.07) is 3.07. The zero-order valence-electron chi connectivity index (χ0n) is 9.22. The summed E-state index contributed by atoms with van der Waals surface area (Å²) < 4.78 is 53.9. The van der Waals surface area contributed by atoms with Gasteiger partial charge in [-0.2, -0.15) is 13.2 Å². The second kappa shape index (κ2) is 5.35. The van der Waals surface area contributed by atoms with Crippen LogP contribution in [0.3, 0.4) is 0 Å². The molecule has 1 unspecified atom stereocenters. The van der Waals surface area contributed by atoms with Crippen LogP contribution in [0.15, 0.2) is 18.2 Å². The first-order valence-corrected chi connectivity index (χ1v) is 4.99. The number of benzene rings is 1. The van der Waals surface area contributed by atoms with Crippen LogP contribution in [-0.2, 0) is 0 Å². The molecule has 2 nitrogen and oxygen atoms in total. The fourth-order valence-electron chi connectivity index (χ4n) is 1.40. The lowest BCUT2D eigenvalue weighted by Crippen LogP contribution is -2.16. The van der Waals surface area contributed by atoms with Gasteiger partial charge in [0.05, 0.1) is 7.11 Å². The van der Waals surface area contributed by atoms with Crippen LogP contribution in [0.4, 0.5) is 17.6 Å². The molecule has 0 aromatic heterocycles. The summed E-state index contributed by atoms with van der Waals surface area (Å²) in [6.07, 6.45) is -5.50. The van der Waals surface area contributed by atoms with Crippen molar-refractivity contribution in [3.05, 3.63) is 29.6 Å². The molecule has 0 heterocycles. The van der Waals surface area contributed by atoms with Crippen LogP contribution >= 0.6 is 0 Å². The molecule has 2 N–H and O–H groups in total. The molecule has 0 amide bonds. The Morgan fingerprint density at radius 3 is 2.47 bits per heavy atom. The highest BCUT2D eigenvalue weighted by atomic mass is 19.4. The molecule has 0 spiro atoms. The van der Waals surface area contributed by atoms with Gasteiger partial charge >= 0.3 is 6.18 Å². The first kappa shape index (κ1) is 13.8. The van der Waals surface area contributed by atoms with Crippen molar-refractivity contribution in [2.45, 2.75) is 25.1 Å². The third-order valence-corrected chi connectivity index (χ3v) is 2.34. The minimum Gasteiger partial charge on any atom is -0.494 e. The van der Waals surface area contributed by atoms with Gasteiger partial charge in [-0.15, -0.1) is 0 Å². The van der Waals surface area contributed by atoms with Crippen molar-refractivity contribution in [1.29, 1.82) is 0 Å². The average molecular weight is 251 g/mol. The van der Waals surface area contributed by atoms with E-state index >= 15 is 0 Å². The number of ether oxygens (including phenoxy) is 1. The predicted molar refractivity (Wildman–Crippen MR) is 55.2 cm³/mol. The van der Waals surface area contributed by atoms with Crippen LogP contribution in [0.1, 0.15) is 24.4 Å². The fraction of sp³-hybridized carbons (Fsp3) is 0.455. The molecule has 1 rings (SSSR count). The average Bonchev–Trinajstić information content (AvgIpc) is 2.24. The maximum atomic E-state index is 13.3. The normalized spacial score (nSPS) is 13.5. The zero-order valence-corrected chi connectivity index (χ0v) is 9.22. The van der Waals surface area contributed by atoms with Gasteiger partial charge in [-0.05, 0) is 24.1 Å². The molecular formula is C11H13F4NO. The molecule has 0 aliphatic rings. The molecule has 0 fully saturated rings. The lowest BCUT2D eigenvalue weighted by atomic mass is 10.0. The zero-order chi connectivity index (χ0) is 13.1. The number of halogens is 4. The molecule has 1 aromatic rings. The topological polar surface area (TPSA) is 35.2 Å². The molecule has 0 aliphatic carbocycles. The number of hydrogen-bond donors (Lipinski definition) is 1. The molecule has 6 heteroatoms. The summed E-state index contributed by atoms with van der Waals surface area (Å²) >= 11 is 0. The van der Waals surface area contributed by atoms with Crippen LogP contribution in [0.2, 0.25) is 0 Å². The fourth-order valence-corrected chi connectivity index (χ4v) is 1.40. The van der Waals surface area contributed by atoms with E-state index in [1.54, 1.807) is 0 Å². The lowest BCUT2D eigenvalue weighted by molar-refractivity contribution is -0.136. The summed E-state index contributed by atoms with van der Waals surface area (Å²) in [5, 5.41) is 0. The van der Waals surface area contributed by atoms with Crippen LogP contribution in [-0.4, -0.2) is 13.3 Å². The van der Waals surface area contributed by atoms with Crippen molar-refractivity contribution in [1.82, 2.24) is 0 Å². The monoisotopic (exact) mass is 251 g/mol. The van der Waals surface area contributed by atoms with Crippen molar-refractivity contribution < 1.29 is 22.3 Å². The van der Waals surface area contributed by atoms with Crippen LogP contribution in [0.25, 0.3) is 0 Å². The number of nitrogens with two attached hydrogens (primary N) is 1. The Balaban J connectivity index is 2.69. The van der Waals surface area contributed by atoms with Gasteiger partial charge in [0.2, 0.25) is 0 Å². The number of rotatable bonds is 4. The van der Waals surface area contributed by atoms with Gasteiger partial charge in [0, 0.05) is 12.5 Å². The van der Waals surface area contributed by atoms with Gasteiger partial charge in [0.1, 0.15) is 0 Å². The van der Waals surface area contributed by atoms with E-state index in [0.29, 0.717) is 5.56 Å². The van der Waals surface area contributed by atoms with E-state index in [1.807, 2.05) is 0 Å². The lowest BCUT2D eigenvalue weighted by Gasteiger charge is -2.14. The Morgan fingerprint density at radius 2 is 2.00 bits per heavy atom. The summed E-state index contributed by atoms with van der Waals surface area (Å²) in [6.45, 7) is 0. The minimum absolute atomic E-state index is 0.0387. The predicted octanol–water partition coefficient (Wildman–Crippen LogP) is 3.18. The highest BCUT2D eigenvalue weighted by Gasteiger charge is 2.27. The highest BCUT2D eigenvalue weighted by Crippen LogP contribution is 2.28. The Morgan fingerprint density at radius 1 is 1.35 bits per heavy atom. The van der Waals surface area contributed by atoms with Crippen molar-refractivity contribution in [3.8, 4) is 5.75 Å². The molecule has 0 bridgehead atoms. The van der Waals surface area contributed by atoms with Crippen LogP contribution < -0.4 is 10.5 Å². The Labute approximate surface area is 96.4 Å². The van der Waals surface area contributed by atoms with Gasteiger partial charge in [-0.1, -0.05) is 6.07 Å². The van der Waals surface area contributed by atoms with Crippen molar-refractivity contribution in [3.63, 3.8) is 0 Å². The van der Waals surface area contributed by atoms with E-state index in [9.17, 15) is 17.6 Å². The van der Waals surface area contributed by atoms with E-state index in [-0.39, 0.29) is 12.2 Å². The molecule has 96 valence electrons. The van der Waals surface area contributed by atoms with Gasteiger partial charge < -0.3 is 10.5 Å². The Kier molecular flexibility index (Phi) is 4.34. The van der Waals surface area contributed by atoms with E-state index in [4.69, 9.17) is 10.5 Å².